The molecule has 0 aliphatic carbocycles. The fourth-order valence-electron chi connectivity index (χ4n) is 4.16. The van der Waals surface area contributed by atoms with Gasteiger partial charge in [0, 0.05) is 13.0 Å². The lowest BCUT2D eigenvalue weighted by atomic mass is 9.73. The molecule has 0 spiro atoms. The van der Waals surface area contributed by atoms with Gasteiger partial charge < -0.3 is 15.2 Å². The molecule has 0 fully saturated rings. The molecule has 138 valence electrons. The summed E-state index contributed by atoms with van der Waals surface area (Å²) in [5.74, 6) is 0.376. The van der Waals surface area contributed by atoms with E-state index in [4.69, 9.17) is 4.74 Å². The van der Waals surface area contributed by atoms with Gasteiger partial charge in [-0.25, -0.2) is 4.39 Å². The van der Waals surface area contributed by atoms with Gasteiger partial charge in [-0.05, 0) is 41.3 Å². The Morgan fingerprint density at radius 1 is 1.04 bits per heavy atom. The second-order valence-electron chi connectivity index (χ2n) is 6.86. The van der Waals surface area contributed by atoms with E-state index in [0.717, 1.165) is 17.5 Å². The number of rotatable bonds is 4. The third-order valence-corrected chi connectivity index (χ3v) is 5.37. The Hall–Kier alpha value is -2.85. The maximum atomic E-state index is 15.2. The second kappa shape index (κ2) is 7.05. The molecule has 4 heteroatoms. The molecule has 1 aliphatic rings. The zero-order chi connectivity index (χ0) is 18.9. The number of hydrogen-bond acceptors (Lipinski definition) is 3. The Bertz CT molecular complexity index is 972. The molecule has 1 aliphatic heterocycles. The summed E-state index contributed by atoms with van der Waals surface area (Å²) in [6.45, 7) is 0.710. The minimum absolute atomic E-state index is 0.206. The van der Waals surface area contributed by atoms with Gasteiger partial charge in [-0.15, -0.1) is 0 Å². The number of hydrogen-bond donors (Lipinski definition) is 2. The first-order valence-electron chi connectivity index (χ1n) is 9.09. The van der Waals surface area contributed by atoms with Gasteiger partial charge in [-0.1, -0.05) is 48.5 Å². The zero-order valence-corrected chi connectivity index (χ0v) is 15.2. The number of para-hydroxylation sites is 1. The van der Waals surface area contributed by atoms with Crippen molar-refractivity contribution in [2.24, 2.45) is 0 Å². The lowest BCUT2D eigenvalue weighted by Gasteiger charge is -2.42. The van der Waals surface area contributed by atoms with Gasteiger partial charge in [-0.3, -0.25) is 0 Å². The number of ether oxygens (including phenoxy) is 1. The molecule has 1 atom stereocenters. The van der Waals surface area contributed by atoms with Crippen LogP contribution in [0.5, 0.6) is 11.5 Å². The van der Waals surface area contributed by atoms with Crippen molar-refractivity contribution >= 4 is 0 Å². The van der Waals surface area contributed by atoms with Gasteiger partial charge in [0.25, 0.3) is 0 Å². The maximum Gasteiger partial charge on any atom is 0.132 e. The lowest BCUT2D eigenvalue weighted by molar-refractivity contribution is 0.328. The largest absolute Gasteiger partial charge is 0.508 e. The second-order valence-corrected chi connectivity index (χ2v) is 6.86. The molecule has 0 aromatic heterocycles. The van der Waals surface area contributed by atoms with E-state index >= 15 is 4.39 Å². The molecule has 1 unspecified atom stereocenters. The number of aromatic hydroxyl groups is 1. The Labute approximate surface area is 158 Å². The molecule has 0 saturated heterocycles. The zero-order valence-electron chi connectivity index (χ0n) is 15.2. The van der Waals surface area contributed by atoms with Gasteiger partial charge in [0.1, 0.15) is 17.3 Å². The summed E-state index contributed by atoms with van der Waals surface area (Å²) in [5, 5.41) is 14.0. The predicted octanol–water partition coefficient (Wildman–Crippen LogP) is 4.17. The van der Waals surface area contributed by atoms with Crippen LogP contribution in [-0.4, -0.2) is 18.8 Å². The highest BCUT2D eigenvalue weighted by molar-refractivity contribution is 5.53. The summed E-state index contributed by atoms with van der Waals surface area (Å²) in [6.07, 6.45) is 1.28. The number of benzene rings is 3. The van der Waals surface area contributed by atoms with Crippen LogP contribution in [0.1, 0.15) is 22.3 Å². The van der Waals surface area contributed by atoms with Crippen molar-refractivity contribution in [3.63, 3.8) is 0 Å². The van der Waals surface area contributed by atoms with Crippen LogP contribution < -0.4 is 10.1 Å². The van der Waals surface area contributed by atoms with Crippen molar-refractivity contribution in [1.29, 1.82) is 0 Å². The number of phenolic OH excluding ortho intramolecular Hbond substituents is 1. The Morgan fingerprint density at radius 2 is 1.81 bits per heavy atom. The van der Waals surface area contributed by atoms with Crippen LogP contribution in [0.25, 0.3) is 0 Å². The topological polar surface area (TPSA) is 41.5 Å². The van der Waals surface area contributed by atoms with E-state index in [1.54, 1.807) is 31.4 Å². The highest BCUT2D eigenvalue weighted by Crippen LogP contribution is 2.44. The van der Waals surface area contributed by atoms with Gasteiger partial charge >= 0.3 is 0 Å². The van der Waals surface area contributed by atoms with Gasteiger partial charge in [0.15, 0.2) is 0 Å². The van der Waals surface area contributed by atoms with Crippen LogP contribution in [0.3, 0.4) is 0 Å². The molecule has 3 aromatic rings. The van der Waals surface area contributed by atoms with Gasteiger partial charge in [0.2, 0.25) is 0 Å². The van der Waals surface area contributed by atoms with Gasteiger partial charge in [0.05, 0.1) is 18.2 Å². The third-order valence-electron chi connectivity index (χ3n) is 5.37. The Morgan fingerprint density at radius 3 is 2.63 bits per heavy atom. The molecule has 4 rings (SSSR count). The van der Waals surface area contributed by atoms with E-state index in [1.165, 1.54) is 11.6 Å². The lowest BCUT2D eigenvalue weighted by Crippen LogP contribution is -2.50. The van der Waals surface area contributed by atoms with Crippen LogP contribution in [-0.2, 0) is 18.4 Å². The molecule has 3 aromatic carbocycles. The van der Waals surface area contributed by atoms with E-state index < -0.39 is 5.54 Å². The SMILES string of the molecule is COc1cccc(F)c1C1(Cc2ccccc2O)NCCc2ccccc21. The van der Waals surface area contributed by atoms with E-state index in [9.17, 15) is 5.11 Å². The highest BCUT2D eigenvalue weighted by atomic mass is 19.1. The quantitative estimate of drug-likeness (QED) is 0.731. The van der Waals surface area contributed by atoms with E-state index in [2.05, 4.69) is 11.4 Å². The number of fused-ring (bicyclic) bond motifs is 1. The van der Waals surface area contributed by atoms with Crippen molar-refractivity contribution in [3.8, 4) is 11.5 Å². The number of halogens is 1. The summed E-state index contributed by atoms with van der Waals surface area (Å²) >= 11 is 0. The molecule has 3 nitrogen and oxygen atoms in total. The number of methoxy groups -OCH3 is 1. The fourth-order valence-corrected chi connectivity index (χ4v) is 4.16. The summed E-state index contributed by atoms with van der Waals surface area (Å²) in [5.41, 5.74) is 2.60. The van der Waals surface area contributed by atoms with Crippen molar-refractivity contribution in [2.75, 3.05) is 13.7 Å². The molecule has 0 saturated carbocycles. The first kappa shape index (κ1) is 17.6. The Kier molecular flexibility index (Phi) is 4.58. The van der Waals surface area contributed by atoms with Crippen molar-refractivity contribution in [2.45, 2.75) is 18.4 Å². The standard InChI is InChI=1S/C23H22FNO2/c1-27-21-12-6-10-19(24)22(21)23(15-17-8-3-5-11-20(17)26)18-9-4-2-7-16(18)13-14-25-23/h2-12,25-26H,13-15H2,1H3. The molecular weight excluding hydrogens is 341 g/mol. The summed E-state index contributed by atoms with van der Waals surface area (Å²) in [6, 6.07) is 20.2. The smallest absolute Gasteiger partial charge is 0.132 e. The van der Waals surface area contributed by atoms with Crippen LogP contribution in [0.15, 0.2) is 66.7 Å². The maximum absolute atomic E-state index is 15.2. The summed E-state index contributed by atoms with van der Waals surface area (Å²) < 4.78 is 20.7. The summed E-state index contributed by atoms with van der Waals surface area (Å²) in [7, 11) is 1.56. The molecule has 0 bridgehead atoms. The molecule has 27 heavy (non-hydrogen) atoms. The van der Waals surface area contributed by atoms with Crippen molar-refractivity contribution in [3.05, 3.63) is 94.8 Å². The normalized spacial score (nSPS) is 18.7. The van der Waals surface area contributed by atoms with E-state index in [0.29, 0.717) is 24.3 Å². The average molecular weight is 363 g/mol. The minimum atomic E-state index is -0.829. The number of nitrogens with one attached hydrogen (secondary N) is 1. The first-order chi connectivity index (χ1) is 13.2. The Balaban J connectivity index is 2.00. The highest BCUT2D eigenvalue weighted by Gasteiger charge is 2.42. The molecule has 1 heterocycles. The molecular formula is C23H22FNO2. The minimum Gasteiger partial charge on any atom is -0.508 e. The number of phenols is 1. The van der Waals surface area contributed by atoms with E-state index in [-0.39, 0.29) is 11.6 Å². The van der Waals surface area contributed by atoms with Crippen LogP contribution in [0.4, 0.5) is 4.39 Å². The van der Waals surface area contributed by atoms with E-state index in [1.807, 2.05) is 30.3 Å². The van der Waals surface area contributed by atoms with Crippen molar-refractivity contribution in [1.82, 2.24) is 5.32 Å². The van der Waals surface area contributed by atoms with Crippen LogP contribution in [0, 0.1) is 5.82 Å². The fraction of sp³-hybridized carbons (Fsp3) is 0.217. The first-order valence-corrected chi connectivity index (χ1v) is 9.09. The third kappa shape index (κ3) is 2.96. The molecule has 2 N–H and O–H groups in total. The van der Waals surface area contributed by atoms with Crippen LogP contribution in [0.2, 0.25) is 0 Å². The average Bonchev–Trinajstić information content (AvgIpc) is 2.69. The van der Waals surface area contributed by atoms with Crippen molar-refractivity contribution < 1.29 is 14.2 Å². The van der Waals surface area contributed by atoms with Crippen LogP contribution >= 0.6 is 0 Å². The summed E-state index contributed by atoms with van der Waals surface area (Å²) in [4.78, 5) is 0. The monoisotopic (exact) mass is 363 g/mol. The van der Waals surface area contributed by atoms with Gasteiger partial charge in [-0.2, -0.15) is 0 Å². The predicted molar refractivity (Wildman–Crippen MR) is 104 cm³/mol. The molecule has 0 radical (unpaired) electrons. The molecule has 0 amide bonds.